The minimum absolute atomic E-state index is 0. The van der Waals surface area contributed by atoms with Gasteiger partial charge in [0, 0.05) is 6.04 Å². The molecule has 0 radical (unpaired) electrons. The number of nitrogens with two attached hydrogens (primary N) is 1. The molecule has 1 atom stereocenters. The molecule has 0 saturated carbocycles. The fraction of sp³-hybridized carbons (Fsp3) is 0.294. The molecule has 0 aromatic heterocycles. The molecule has 0 unspecified atom stereocenters. The molecule has 19 heavy (non-hydrogen) atoms. The van der Waals surface area contributed by atoms with Crippen molar-refractivity contribution in [3.05, 3.63) is 60.2 Å². The number of benzene rings is 2. The van der Waals surface area contributed by atoms with Crippen molar-refractivity contribution in [1.82, 2.24) is 0 Å². The van der Waals surface area contributed by atoms with Crippen LogP contribution < -0.4 is 5.73 Å². The van der Waals surface area contributed by atoms with E-state index in [-0.39, 0.29) is 23.9 Å². The first-order chi connectivity index (χ1) is 8.48. The second-order valence-electron chi connectivity index (χ2n) is 5.83. The van der Waals surface area contributed by atoms with Crippen molar-refractivity contribution < 1.29 is 0 Å². The number of halogens is 1. The van der Waals surface area contributed by atoms with Crippen LogP contribution in [0, 0.1) is 5.41 Å². The van der Waals surface area contributed by atoms with Gasteiger partial charge in [0.05, 0.1) is 0 Å². The van der Waals surface area contributed by atoms with E-state index in [1.54, 1.807) is 0 Å². The molecule has 0 heterocycles. The predicted molar refractivity (Wildman–Crippen MR) is 85.5 cm³/mol. The third-order valence-corrected chi connectivity index (χ3v) is 3.31. The first-order valence-corrected chi connectivity index (χ1v) is 6.39. The maximum absolute atomic E-state index is 6.26. The van der Waals surface area contributed by atoms with E-state index in [1.807, 2.05) is 6.07 Å². The van der Waals surface area contributed by atoms with E-state index in [1.165, 1.54) is 16.7 Å². The molecule has 2 aromatic carbocycles. The van der Waals surface area contributed by atoms with Crippen LogP contribution in [-0.4, -0.2) is 0 Å². The second-order valence-corrected chi connectivity index (χ2v) is 5.83. The summed E-state index contributed by atoms with van der Waals surface area (Å²) in [7, 11) is 0. The van der Waals surface area contributed by atoms with E-state index in [2.05, 4.69) is 69.3 Å². The highest BCUT2D eigenvalue weighted by atomic mass is 35.5. The molecule has 0 spiro atoms. The Hall–Kier alpha value is -1.31. The highest BCUT2D eigenvalue weighted by Gasteiger charge is 2.21. The first kappa shape index (κ1) is 15.7. The zero-order valence-corrected chi connectivity index (χ0v) is 12.6. The van der Waals surface area contributed by atoms with Crippen LogP contribution >= 0.6 is 12.4 Å². The lowest BCUT2D eigenvalue weighted by Gasteiger charge is -2.27. The quantitative estimate of drug-likeness (QED) is 0.835. The van der Waals surface area contributed by atoms with Crippen LogP contribution in [0.5, 0.6) is 0 Å². The van der Waals surface area contributed by atoms with Gasteiger partial charge in [-0.3, -0.25) is 0 Å². The first-order valence-electron chi connectivity index (χ1n) is 6.39. The summed E-state index contributed by atoms with van der Waals surface area (Å²) in [5.74, 6) is 0. The van der Waals surface area contributed by atoms with Gasteiger partial charge >= 0.3 is 0 Å². The average molecular weight is 276 g/mol. The third-order valence-electron chi connectivity index (χ3n) is 3.31. The van der Waals surface area contributed by atoms with E-state index >= 15 is 0 Å². The molecule has 1 nitrogen and oxygen atoms in total. The molecular formula is C17H22ClN. The van der Waals surface area contributed by atoms with E-state index in [4.69, 9.17) is 5.73 Å². The van der Waals surface area contributed by atoms with Gasteiger partial charge < -0.3 is 5.73 Å². The van der Waals surface area contributed by atoms with Crippen molar-refractivity contribution in [3.63, 3.8) is 0 Å². The summed E-state index contributed by atoms with van der Waals surface area (Å²) in [6.45, 7) is 6.51. The summed E-state index contributed by atoms with van der Waals surface area (Å²) in [5.41, 5.74) is 10.0. The maximum atomic E-state index is 6.26. The van der Waals surface area contributed by atoms with Gasteiger partial charge in [-0.2, -0.15) is 0 Å². The van der Waals surface area contributed by atoms with Crippen molar-refractivity contribution in [1.29, 1.82) is 0 Å². The molecule has 2 rings (SSSR count). The van der Waals surface area contributed by atoms with Gasteiger partial charge in [0.25, 0.3) is 0 Å². The van der Waals surface area contributed by atoms with Gasteiger partial charge in [0.2, 0.25) is 0 Å². The van der Waals surface area contributed by atoms with Gasteiger partial charge in [-0.05, 0) is 22.1 Å². The molecular weight excluding hydrogens is 254 g/mol. The number of hydrogen-bond acceptors (Lipinski definition) is 1. The van der Waals surface area contributed by atoms with Crippen molar-refractivity contribution >= 4 is 12.4 Å². The lowest BCUT2D eigenvalue weighted by molar-refractivity contribution is 0.327. The Morgan fingerprint density at radius 1 is 0.789 bits per heavy atom. The van der Waals surface area contributed by atoms with E-state index in [0.717, 1.165) is 0 Å². The van der Waals surface area contributed by atoms with Crippen LogP contribution in [0.15, 0.2) is 54.6 Å². The minimum atomic E-state index is 0. The van der Waals surface area contributed by atoms with Crippen LogP contribution in [0.2, 0.25) is 0 Å². The van der Waals surface area contributed by atoms with Gasteiger partial charge in [-0.25, -0.2) is 0 Å². The van der Waals surface area contributed by atoms with Gasteiger partial charge in [0.15, 0.2) is 0 Å². The molecule has 0 amide bonds. The zero-order chi connectivity index (χ0) is 13.2. The minimum Gasteiger partial charge on any atom is -0.324 e. The normalized spacial score (nSPS) is 12.6. The van der Waals surface area contributed by atoms with E-state index in [0.29, 0.717) is 0 Å². The Morgan fingerprint density at radius 3 is 1.74 bits per heavy atom. The molecule has 102 valence electrons. The van der Waals surface area contributed by atoms with Crippen molar-refractivity contribution in [3.8, 4) is 11.1 Å². The Kier molecular flexibility index (Phi) is 5.16. The summed E-state index contributed by atoms with van der Waals surface area (Å²) in [6, 6.07) is 19.0. The monoisotopic (exact) mass is 275 g/mol. The lowest BCUT2D eigenvalue weighted by atomic mass is 9.83. The van der Waals surface area contributed by atoms with Crippen LogP contribution in [0.25, 0.3) is 11.1 Å². The van der Waals surface area contributed by atoms with Gasteiger partial charge in [-0.1, -0.05) is 75.4 Å². The Morgan fingerprint density at radius 2 is 1.26 bits per heavy atom. The molecule has 2 aromatic rings. The average Bonchev–Trinajstić information content (AvgIpc) is 2.38. The predicted octanol–water partition coefficient (Wildman–Crippen LogP) is 4.82. The van der Waals surface area contributed by atoms with Crippen molar-refractivity contribution in [2.45, 2.75) is 26.8 Å². The molecule has 2 N–H and O–H groups in total. The lowest BCUT2D eigenvalue weighted by Crippen LogP contribution is -2.26. The molecule has 0 bridgehead atoms. The summed E-state index contributed by atoms with van der Waals surface area (Å²) in [6.07, 6.45) is 0. The van der Waals surface area contributed by atoms with Gasteiger partial charge in [0.1, 0.15) is 0 Å². The fourth-order valence-corrected chi connectivity index (χ4v) is 2.01. The Labute approximate surface area is 122 Å². The number of rotatable bonds is 2. The van der Waals surface area contributed by atoms with Crippen LogP contribution in [0.4, 0.5) is 0 Å². The Balaban J connectivity index is 0.00000180. The fourth-order valence-electron chi connectivity index (χ4n) is 2.01. The van der Waals surface area contributed by atoms with Crippen molar-refractivity contribution in [2.75, 3.05) is 0 Å². The molecule has 0 saturated heterocycles. The molecule has 0 fully saturated rings. The maximum Gasteiger partial charge on any atom is 0.0344 e. The van der Waals surface area contributed by atoms with Crippen molar-refractivity contribution in [2.24, 2.45) is 11.1 Å². The van der Waals surface area contributed by atoms with Crippen LogP contribution in [-0.2, 0) is 0 Å². The molecule has 0 aliphatic carbocycles. The topological polar surface area (TPSA) is 26.0 Å². The summed E-state index contributed by atoms with van der Waals surface area (Å²) in [5, 5.41) is 0. The van der Waals surface area contributed by atoms with E-state index < -0.39 is 0 Å². The summed E-state index contributed by atoms with van der Waals surface area (Å²) >= 11 is 0. The van der Waals surface area contributed by atoms with Crippen LogP contribution in [0.1, 0.15) is 32.4 Å². The summed E-state index contributed by atoms with van der Waals surface area (Å²) in [4.78, 5) is 0. The van der Waals surface area contributed by atoms with E-state index in [9.17, 15) is 0 Å². The standard InChI is InChI=1S/C17H21N.ClH/c1-17(2,3)16(18)15-11-9-14(10-12-15)13-7-5-4-6-8-13;/h4-12,16H,18H2,1-3H3;1H/t16-;/m0./s1. The molecule has 2 heteroatoms. The molecule has 0 aliphatic rings. The van der Waals surface area contributed by atoms with Gasteiger partial charge in [-0.15, -0.1) is 12.4 Å². The Bertz CT molecular complexity index is 497. The highest BCUT2D eigenvalue weighted by Crippen LogP contribution is 2.31. The largest absolute Gasteiger partial charge is 0.324 e. The zero-order valence-electron chi connectivity index (χ0n) is 11.8. The highest BCUT2D eigenvalue weighted by molar-refractivity contribution is 5.85. The smallest absolute Gasteiger partial charge is 0.0344 e. The third kappa shape index (κ3) is 3.82. The summed E-state index contributed by atoms with van der Waals surface area (Å²) < 4.78 is 0. The number of hydrogen-bond donors (Lipinski definition) is 1. The van der Waals surface area contributed by atoms with Crippen LogP contribution in [0.3, 0.4) is 0 Å². The molecule has 0 aliphatic heterocycles. The SMILES string of the molecule is CC(C)(C)[C@@H](N)c1ccc(-c2ccccc2)cc1.Cl. The second kappa shape index (κ2) is 6.23.